The van der Waals surface area contributed by atoms with Crippen LogP contribution in [0.25, 0.3) is 27.9 Å². The van der Waals surface area contributed by atoms with Gasteiger partial charge in [-0.25, -0.2) is 18.9 Å². The van der Waals surface area contributed by atoms with Crippen LogP contribution in [0.4, 0.5) is 4.39 Å². The van der Waals surface area contributed by atoms with Gasteiger partial charge in [0.1, 0.15) is 11.5 Å². The molecule has 0 aliphatic carbocycles. The molecule has 1 fully saturated rings. The number of likely N-dealkylation sites (tertiary alicyclic amines) is 1. The molecule has 9 heteroatoms. The predicted octanol–water partition coefficient (Wildman–Crippen LogP) is 4.29. The Labute approximate surface area is 219 Å². The fourth-order valence-electron chi connectivity index (χ4n) is 4.98. The van der Waals surface area contributed by atoms with Crippen molar-refractivity contribution in [3.8, 4) is 11.3 Å². The molecule has 0 bridgehead atoms. The van der Waals surface area contributed by atoms with E-state index in [4.69, 9.17) is 0 Å². The van der Waals surface area contributed by atoms with Crippen molar-refractivity contribution < 1.29 is 9.18 Å². The number of aromatic nitrogens is 5. The monoisotopic (exact) mass is 509 g/mol. The minimum Gasteiger partial charge on any atom is -0.351 e. The fourth-order valence-corrected chi connectivity index (χ4v) is 4.98. The first kappa shape index (κ1) is 24.1. The molecular formula is C29H28FN7O. The summed E-state index contributed by atoms with van der Waals surface area (Å²) in [4.78, 5) is 28.1. The lowest BCUT2D eigenvalue weighted by Gasteiger charge is -2.26. The van der Waals surface area contributed by atoms with Crippen molar-refractivity contribution in [2.24, 2.45) is 0 Å². The largest absolute Gasteiger partial charge is 0.351 e. The molecule has 192 valence electrons. The summed E-state index contributed by atoms with van der Waals surface area (Å²) in [6.07, 6.45) is 9.37. The van der Waals surface area contributed by atoms with Crippen LogP contribution in [-0.2, 0) is 6.42 Å². The summed E-state index contributed by atoms with van der Waals surface area (Å²) in [6, 6.07) is 14.6. The number of hydrogen-bond acceptors (Lipinski definition) is 6. The summed E-state index contributed by atoms with van der Waals surface area (Å²) in [7, 11) is 0. The van der Waals surface area contributed by atoms with Gasteiger partial charge in [-0.3, -0.25) is 9.78 Å². The molecule has 1 aliphatic heterocycles. The van der Waals surface area contributed by atoms with Crippen molar-refractivity contribution in [3.05, 3.63) is 89.8 Å². The van der Waals surface area contributed by atoms with Crippen LogP contribution in [0, 0.1) is 5.82 Å². The Morgan fingerprint density at radius 2 is 1.84 bits per heavy atom. The van der Waals surface area contributed by atoms with Crippen LogP contribution >= 0.6 is 0 Å². The highest BCUT2D eigenvalue weighted by Crippen LogP contribution is 2.21. The highest BCUT2D eigenvalue weighted by atomic mass is 19.1. The van der Waals surface area contributed by atoms with Gasteiger partial charge in [0.2, 0.25) is 0 Å². The third kappa shape index (κ3) is 5.10. The Bertz CT molecular complexity index is 1610. The summed E-state index contributed by atoms with van der Waals surface area (Å²) in [5, 5.41) is 8.60. The molecule has 0 radical (unpaired) electrons. The highest BCUT2D eigenvalue weighted by molar-refractivity contribution is 5.95. The van der Waals surface area contributed by atoms with Crippen molar-refractivity contribution in [1.82, 2.24) is 34.8 Å². The minimum atomic E-state index is -0.588. The number of carbonyl (C=O) groups excluding carboxylic acids is 1. The standard InChI is InChI=1S/C29H28FN7O/c30-25-17-22(7-8-24(25)28(38)32-11-14-36-12-2-1-3-13-36)27-19-34-29-33-18-23(37(29)35-27)16-20-6-9-26-21(15-20)5-4-10-31-26/h4-10,15,17-19H,1-3,11-14,16H2,(H,32,38). The maximum Gasteiger partial charge on any atom is 0.254 e. The first-order valence-electron chi connectivity index (χ1n) is 13.0. The van der Waals surface area contributed by atoms with E-state index in [-0.39, 0.29) is 5.56 Å². The van der Waals surface area contributed by atoms with Crippen molar-refractivity contribution in [2.75, 3.05) is 26.2 Å². The molecule has 0 saturated carbocycles. The topological polar surface area (TPSA) is 88.3 Å². The molecular weight excluding hydrogens is 481 g/mol. The summed E-state index contributed by atoms with van der Waals surface area (Å²) in [6.45, 7) is 3.40. The van der Waals surface area contributed by atoms with E-state index >= 15 is 0 Å². The van der Waals surface area contributed by atoms with E-state index in [1.165, 1.54) is 31.4 Å². The average Bonchev–Trinajstić information content (AvgIpc) is 3.35. The minimum absolute atomic E-state index is 0.0237. The van der Waals surface area contributed by atoms with E-state index < -0.39 is 11.7 Å². The van der Waals surface area contributed by atoms with Crippen LogP contribution in [-0.4, -0.2) is 61.6 Å². The zero-order valence-corrected chi connectivity index (χ0v) is 21.0. The van der Waals surface area contributed by atoms with Gasteiger partial charge in [0.05, 0.1) is 29.2 Å². The molecule has 1 amide bonds. The van der Waals surface area contributed by atoms with Crippen molar-refractivity contribution in [2.45, 2.75) is 25.7 Å². The van der Waals surface area contributed by atoms with Crippen LogP contribution in [0.2, 0.25) is 0 Å². The molecule has 1 saturated heterocycles. The number of halogens is 1. The van der Waals surface area contributed by atoms with Gasteiger partial charge in [-0.1, -0.05) is 24.6 Å². The third-order valence-electron chi connectivity index (χ3n) is 7.02. The lowest BCUT2D eigenvalue weighted by Crippen LogP contribution is -2.37. The molecule has 4 heterocycles. The van der Waals surface area contributed by atoms with Crippen molar-refractivity contribution >= 4 is 22.6 Å². The fraction of sp³-hybridized carbons (Fsp3) is 0.276. The lowest BCUT2D eigenvalue weighted by molar-refractivity contribution is 0.0942. The van der Waals surface area contributed by atoms with Crippen LogP contribution in [0.1, 0.15) is 40.9 Å². The Balaban J connectivity index is 1.18. The number of amides is 1. The van der Waals surface area contributed by atoms with Gasteiger partial charge in [-0.05, 0) is 61.8 Å². The van der Waals surface area contributed by atoms with Crippen molar-refractivity contribution in [1.29, 1.82) is 0 Å². The smallest absolute Gasteiger partial charge is 0.254 e. The van der Waals surface area contributed by atoms with Crippen molar-refractivity contribution in [3.63, 3.8) is 0 Å². The number of rotatable bonds is 7. The number of imidazole rings is 1. The summed E-state index contributed by atoms with van der Waals surface area (Å²) < 4.78 is 16.7. The van der Waals surface area contributed by atoms with Gasteiger partial charge in [0.25, 0.3) is 11.7 Å². The number of hydrogen-bond donors (Lipinski definition) is 1. The number of fused-ring (bicyclic) bond motifs is 2. The lowest BCUT2D eigenvalue weighted by atomic mass is 10.1. The zero-order chi connectivity index (χ0) is 25.9. The van der Waals surface area contributed by atoms with Gasteiger partial charge in [-0.2, -0.15) is 5.10 Å². The van der Waals surface area contributed by atoms with E-state index in [1.807, 2.05) is 24.3 Å². The second kappa shape index (κ2) is 10.6. The molecule has 8 nitrogen and oxygen atoms in total. The Kier molecular flexibility index (Phi) is 6.75. The summed E-state index contributed by atoms with van der Waals surface area (Å²) in [5.74, 6) is -0.526. The normalized spacial score (nSPS) is 14.2. The van der Waals surface area contributed by atoms with E-state index in [1.54, 1.807) is 29.2 Å². The zero-order valence-electron chi connectivity index (χ0n) is 21.0. The maximum absolute atomic E-state index is 15.0. The number of nitrogens with one attached hydrogen (secondary N) is 1. The Morgan fingerprint density at radius 3 is 2.71 bits per heavy atom. The van der Waals surface area contributed by atoms with E-state index in [0.29, 0.717) is 30.0 Å². The van der Waals surface area contributed by atoms with Crippen LogP contribution < -0.4 is 5.32 Å². The summed E-state index contributed by atoms with van der Waals surface area (Å²) >= 11 is 0. The van der Waals surface area contributed by atoms with Crippen LogP contribution in [0.5, 0.6) is 0 Å². The number of carbonyl (C=O) groups is 1. The SMILES string of the molecule is O=C(NCCN1CCCCC1)c1ccc(-c2cnc3ncc(Cc4ccc5ncccc5c4)n3n2)cc1F. The maximum atomic E-state index is 15.0. The molecule has 3 aromatic heterocycles. The van der Waals surface area contributed by atoms with Crippen LogP contribution in [0.3, 0.4) is 0 Å². The molecule has 2 aromatic carbocycles. The molecule has 0 unspecified atom stereocenters. The average molecular weight is 510 g/mol. The molecule has 1 N–H and O–H groups in total. The number of nitrogens with zero attached hydrogens (tertiary/aromatic N) is 6. The summed E-state index contributed by atoms with van der Waals surface area (Å²) in [5.41, 5.74) is 3.96. The molecule has 0 atom stereocenters. The molecule has 1 aliphatic rings. The van der Waals surface area contributed by atoms with E-state index in [9.17, 15) is 9.18 Å². The Hall–Kier alpha value is -4.24. The van der Waals surface area contributed by atoms with Gasteiger partial charge < -0.3 is 10.2 Å². The second-order valence-electron chi connectivity index (χ2n) is 9.66. The number of benzene rings is 2. The molecule has 0 spiro atoms. The molecule has 6 rings (SSSR count). The second-order valence-corrected chi connectivity index (χ2v) is 9.66. The first-order valence-corrected chi connectivity index (χ1v) is 13.0. The highest BCUT2D eigenvalue weighted by Gasteiger charge is 2.16. The van der Waals surface area contributed by atoms with Gasteiger partial charge in [0.15, 0.2) is 0 Å². The van der Waals surface area contributed by atoms with E-state index in [2.05, 4.69) is 36.3 Å². The van der Waals surface area contributed by atoms with Gasteiger partial charge in [-0.15, -0.1) is 0 Å². The number of piperidine rings is 1. The van der Waals surface area contributed by atoms with E-state index in [0.717, 1.165) is 41.8 Å². The number of pyridine rings is 1. The Morgan fingerprint density at radius 1 is 0.974 bits per heavy atom. The molecule has 38 heavy (non-hydrogen) atoms. The van der Waals surface area contributed by atoms with Gasteiger partial charge >= 0.3 is 0 Å². The predicted molar refractivity (Wildman–Crippen MR) is 143 cm³/mol. The third-order valence-corrected chi connectivity index (χ3v) is 7.02. The van der Waals surface area contributed by atoms with Crippen LogP contribution in [0.15, 0.2) is 67.1 Å². The first-order chi connectivity index (χ1) is 18.6. The molecule has 5 aromatic rings. The van der Waals surface area contributed by atoms with Gasteiger partial charge in [0, 0.05) is 36.7 Å². The quantitative estimate of drug-likeness (QED) is 0.352.